The molecule has 4 aromatic rings. The van der Waals surface area contributed by atoms with E-state index in [1.54, 1.807) is 66.7 Å². The predicted octanol–water partition coefficient (Wildman–Crippen LogP) is 6.60. The Morgan fingerprint density at radius 2 is 1.36 bits per heavy atom. The molecular formula is C34H35Cl2N3O4S. The third-order valence-electron chi connectivity index (χ3n) is 6.95. The number of nitrogens with one attached hydrogen (secondary N) is 1. The molecule has 0 aliphatic rings. The van der Waals surface area contributed by atoms with Crippen molar-refractivity contribution in [3.63, 3.8) is 0 Å². The predicted molar refractivity (Wildman–Crippen MR) is 176 cm³/mol. The van der Waals surface area contributed by atoms with Crippen LogP contribution in [0.15, 0.2) is 114 Å². The van der Waals surface area contributed by atoms with Crippen LogP contribution in [0.3, 0.4) is 0 Å². The minimum absolute atomic E-state index is 0.00364. The molecule has 0 saturated heterocycles. The van der Waals surface area contributed by atoms with E-state index < -0.39 is 28.5 Å². The number of para-hydroxylation sites is 1. The third-order valence-corrected chi connectivity index (χ3v) is 9.47. The van der Waals surface area contributed by atoms with Crippen LogP contribution in [0.25, 0.3) is 0 Å². The van der Waals surface area contributed by atoms with Gasteiger partial charge in [-0.05, 0) is 53.4 Å². The Labute approximate surface area is 269 Å². The average Bonchev–Trinajstić information content (AvgIpc) is 3.03. The van der Waals surface area contributed by atoms with E-state index in [4.69, 9.17) is 23.2 Å². The van der Waals surface area contributed by atoms with Crippen molar-refractivity contribution in [2.45, 2.75) is 37.8 Å². The lowest BCUT2D eigenvalue weighted by atomic mass is 10.0. The van der Waals surface area contributed by atoms with Crippen molar-refractivity contribution < 1.29 is 18.0 Å². The normalized spacial score (nSPS) is 12.0. The number of amides is 2. The van der Waals surface area contributed by atoms with Gasteiger partial charge in [0.2, 0.25) is 11.8 Å². The van der Waals surface area contributed by atoms with Gasteiger partial charge in [0.25, 0.3) is 10.0 Å². The summed E-state index contributed by atoms with van der Waals surface area (Å²) >= 11 is 12.5. The van der Waals surface area contributed by atoms with Gasteiger partial charge in [-0.2, -0.15) is 0 Å². The second-order valence-corrected chi connectivity index (χ2v) is 13.5. The molecule has 0 aromatic heterocycles. The summed E-state index contributed by atoms with van der Waals surface area (Å²) in [5.74, 6) is -0.715. The zero-order valence-corrected chi connectivity index (χ0v) is 26.9. The van der Waals surface area contributed by atoms with Crippen molar-refractivity contribution in [3.05, 3.63) is 130 Å². The maximum Gasteiger partial charge on any atom is 0.264 e. The number of rotatable bonds is 13. The fraction of sp³-hybridized carbons (Fsp3) is 0.235. The molecule has 1 N–H and O–H groups in total. The number of halogens is 2. The number of hydrogen-bond acceptors (Lipinski definition) is 4. The number of benzene rings is 4. The highest BCUT2D eigenvalue weighted by Crippen LogP contribution is 2.27. The smallest absolute Gasteiger partial charge is 0.264 e. The molecule has 0 aliphatic heterocycles. The van der Waals surface area contributed by atoms with Crippen LogP contribution in [-0.4, -0.2) is 44.3 Å². The van der Waals surface area contributed by atoms with Gasteiger partial charge in [-0.25, -0.2) is 8.42 Å². The zero-order chi connectivity index (χ0) is 31.7. The molecule has 0 heterocycles. The highest BCUT2D eigenvalue weighted by atomic mass is 35.5. The summed E-state index contributed by atoms with van der Waals surface area (Å²) in [6.45, 7) is 3.84. The molecule has 0 radical (unpaired) electrons. The van der Waals surface area contributed by atoms with Crippen LogP contribution in [0.2, 0.25) is 10.0 Å². The fourth-order valence-corrected chi connectivity index (χ4v) is 6.41. The number of nitrogens with zero attached hydrogens (tertiary/aromatic N) is 2. The largest absolute Gasteiger partial charge is 0.354 e. The van der Waals surface area contributed by atoms with Gasteiger partial charge in [-0.1, -0.05) is 110 Å². The number of carbonyl (C=O) groups is 2. The van der Waals surface area contributed by atoms with Crippen LogP contribution < -0.4 is 9.62 Å². The van der Waals surface area contributed by atoms with Crippen molar-refractivity contribution in [1.29, 1.82) is 0 Å². The molecular weight excluding hydrogens is 617 g/mol. The lowest BCUT2D eigenvalue weighted by Crippen LogP contribution is -2.53. The highest BCUT2D eigenvalue weighted by Gasteiger charge is 2.34. The molecule has 2 amide bonds. The first-order valence-electron chi connectivity index (χ1n) is 14.2. The van der Waals surface area contributed by atoms with Crippen molar-refractivity contribution in [3.8, 4) is 0 Å². The molecule has 10 heteroatoms. The summed E-state index contributed by atoms with van der Waals surface area (Å²) in [5, 5.41) is 3.63. The van der Waals surface area contributed by atoms with Crippen LogP contribution in [0.1, 0.15) is 25.0 Å². The van der Waals surface area contributed by atoms with Gasteiger partial charge in [-0.3, -0.25) is 13.9 Å². The standard InChI is InChI=1S/C34H35Cl2N3O4S/c1-25(2)22-37-34(41)32(21-26-12-6-3-7-13-26)38(23-27-18-19-30(35)31(36)20-27)33(40)24-39(28-14-8-4-9-15-28)44(42,43)29-16-10-5-11-17-29/h3-20,25,32H,21-24H2,1-2H3,(H,37,41). The van der Waals surface area contributed by atoms with Gasteiger partial charge in [0, 0.05) is 19.5 Å². The van der Waals surface area contributed by atoms with E-state index in [0.29, 0.717) is 27.8 Å². The SMILES string of the molecule is CC(C)CNC(=O)C(Cc1ccccc1)N(Cc1ccc(Cl)c(Cl)c1)C(=O)CN(c1ccccc1)S(=O)(=O)c1ccccc1. The summed E-state index contributed by atoms with van der Waals surface area (Å²) in [6.07, 6.45) is 0.217. The maximum absolute atomic E-state index is 14.4. The Hall–Kier alpha value is -3.85. The summed E-state index contributed by atoms with van der Waals surface area (Å²) in [4.78, 5) is 29.7. The third kappa shape index (κ3) is 8.62. The minimum atomic E-state index is -4.15. The number of hydrogen-bond donors (Lipinski definition) is 1. The van der Waals surface area contributed by atoms with Crippen LogP contribution in [0.5, 0.6) is 0 Å². The number of carbonyl (C=O) groups excluding carboxylic acids is 2. The van der Waals surface area contributed by atoms with Crippen LogP contribution in [0.4, 0.5) is 5.69 Å². The van der Waals surface area contributed by atoms with Gasteiger partial charge in [0.1, 0.15) is 12.6 Å². The van der Waals surface area contributed by atoms with Gasteiger partial charge in [0.15, 0.2) is 0 Å². The molecule has 0 spiro atoms. The lowest BCUT2D eigenvalue weighted by molar-refractivity contribution is -0.140. The molecule has 0 fully saturated rings. The zero-order valence-electron chi connectivity index (χ0n) is 24.6. The van der Waals surface area contributed by atoms with E-state index >= 15 is 0 Å². The Bertz CT molecular complexity index is 1650. The first kappa shape index (κ1) is 33.1. The summed E-state index contributed by atoms with van der Waals surface area (Å²) in [7, 11) is -4.15. The van der Waals surface area contributed by atoms with E-state index in [1.807, 2.05) is 44.2 Å². The molecule has 4 rings (SSSR count). The van der Waals surface area contributed by atoms with E-state index in [2.05, 4.69) is 5.32 Å². The molecule has 44 heavy (non-hydrogen) atoms. The molecule has 1 atom stereocenters. The summed E-state index contributed by atoms with van der Waals surface area (Å²) < 4.78 is 29.0. The van der Waals surface area contributed by atoms with Gasteiger partial charge in [0.05, 0.1) is 20.6 Å². The second kappa shape index (κ2) is 15.2. The lowest BCUT2D eigenvalue weighted by Gasteiger charge is -2.34. The molecule has 4 aromatic carbocycles. The summed E-state index contributed by atoms with van der Waals surface area (Å²) in [6, 6.07) is 29.8. The first-order chi connectivity index (χ1) is 21.1. The van der Waals surface area contributed by atoms with Crippen molar-refractivity contribution in [1.82, 2.24) is 10.2 Å². The molecule has 0 bridgehead atoms. The van der Waals surface area contributed by atoms with E-state index in [9.17, 15) is 18.0 Å². The molecule has 1 unspecified atom stereocenters. The Kier molecular flexibility index (Phi) is 11.4. The quantitative estimate of drug-likeness (QED) is 0.176. The molecule has 230 valence electrons. The Morgan fingerprint density at radius 3 is 1.95 bits per heavy atom. The number of anilines is 1. The van der Waals surface area contributed by atoms with Crippen molar-refractivity contribution >= 4 is 50.7 Å². The van der Waals surface area contributed by atoms with E-state index in [1.165, 1.54) is 17.0 Å². The molecule has 0 saturated carbocycles. The first-order valence-corrected chi connectivity index (χ1v) is 16.4. The topological polar surface area (TPSA) is 86.8 Å². The van der Waals surface area contributed by atoms with Crippen molar-refractivity contribution in [2.24, 2.45) is 5.92 Å². The minimum Gasteiger partial charge on any atom is -0.354 e. The number of sulfonamides is 1. The van der Waals surface area contributed by atoms with Crippen molar-refractivity contribution in [2.75, 3.05) is 17.4 Å². The van der Waals surface area contributed by atoms with Crippen LogP contribution >= 0.6 is 23.2 Å². The monoisotopic (exact) mass is 651 g/mol. The molecule has 7 nitrogen and oxygen atoms in total. The van der Waals surface area contributed by atoms with Gasteiger partial charge >= 0.3 is 0 Å². The molecule has 0 aliphatic carbocycles. The fourth-order valence-electron chi connectivity index (χ4n) is 4.65. The maximum atomic E-state index is 14.4. The highest BCUT2D eigenvalue weighted by molar-refractivity contribution is 7.92. The Morgan fingerprint density at radius 1 is 0.773 bits per heavy atom. The second-order valence-electron chi connectivity index (χ2n) is 10.8. The summed E-state index contributed by atoms with van der Waals surface area (Å²) in [5.41, 5.74) is 1.81. The van der Waals surface area contributed by atoms with Crippen LogP contribution in [-0.2, 0) is 32.6 Å². The van der Waals surface area contributed by atoms with E-state index in [-0.39, 0.29) is 29.7 Å². The average molecular weight is 653 g/mol. The Balaban J connectivity index is 1.79. The van der Waals surface area contributed by atoms with E-state index in [0.717, 1.165) is 9.87 Å². The van der Waals surface area contributed by atoms with Gasteiger partial charge < -0.3 is 10.2 Å². The van der Waals surface area contributed by atoms with Gasteiger partial charge in [-0.15, -0.1) is 0 Å². The van der Waals surface area contributed by atoms with Crippen LogP contribution in [0, 0.1) is 5.92 Å².